The molecule has 0 aromatic heterocycles. The van der Waals surface area contributed by atoms with Crippen molar-refractivity contribution in [3.63, 3.8) is 0 Å². The van der Waals surface area contributed by atoms with Gasteiger partial charge in [0.25, 0.3) is 0 Å². The van der Waals surface area contributed by atoms with Crippen LogP contribution in [-0.2, 0) is 11.2 Å². The van der Waals surface area contributed by atoms with Crippen molar-refractivity contribution in [1.82, 2.24) is 5.32 Å². The molecule has 4 heteroatoms. The highest BCUT2D eigenvalue weighted by Gasteiger charge is 2.11. The lowest BCUT2D eigenvalue weighted by molar-refractivity contribution is -0.121. The first-order valence-electron chi connectivity index (χ1n) is 4.77. The number of benzene rings is 1. The quantitative estimate of drug-likeness (QED) is 0.748. The van der Waals surface area contributed by atoms with Crippen LogP contribution in [0.4, 0.5) is 0 Å². The van der Waals surface area contributed by atoms with Gasteiger partial charge in [-0.05, 0) is 24.1 Å². The smallest absolute Gasteiger partial charge is 0.237 e. The molecule has 15 heavy (non-hydrogen) atoms. The lowest BCUT2D eigenvalue weighted by atomic mass is 10.1. The number of carbonyl (C=O) groups is 1. The van der Waals surface area contributed by atoms with E-state index in [1.807, 2.05) is 24.3 Å². The molecule has 1 amide bonds. The zero-order chi connectivity index (χ0) is 11.3. The Labute approximate surface area is 89.4 Å². The Hall–Kier alpha value is -1.55. The standard InChI is InChI=1S/C11H16N2O2/c1-13-11(14)10(12)7-8-3-5-9(15-2)6-4-8/h3-6,10H,7,12H2,1-2H3,(H,13,14)/t10-/m0/s1. The molecular formula is C11H16N2O2. The molecule has 0 unspecified atom stereocenters. The molecule has 4 nitrogen and oxygen atoms in total. The number of ether oxygens (including phenoxy) is 1. The van der Waals surface area contributed by atoms with Crippen molar-refractivity contribution in [3.8, 4) is 5.75 Å². The minimum Gasteiger partial charge on any atom is -0.497 e. The molecule has 0 saturated heterocycles. The van der Waals surface area contributed by atoms with Crippen molar-refractivity contribution in [2.45, 2.75) is 12.5 Å². The lowest BCUT2D eigenvalue weighted by Gasteiger charge is -2.10. The van der Waals surface area contributed by atoms with Crippen LogP contribution in [0.3, 0.4) is 0 Å². The summed E-state index contributed by atoms with van der Waals surface area (Å²) < 4.78 is 5.03. The number of likely N-dealkylation sites (N-methyl/N-ethyl adjacent to an activating group) is 1. The van der Waals surface area contributed by atoms with Gasteiger partial charge < -0.3 is 15.8 Å². The summed E-state index contributed by atoms with van der Waals surface area (Å²) in [5, 5.41) is 2.52. The molecule has 3 N–H and O–H groups in total. The molecule has 1 atom stereocenters. The van der Waals surface area contributed by atoms with E-state index in [1.54, 1.807) is 14.2 Å². The number of hydrogen-bond acceptors (Lipinski definition) is 3. The summed E-state index contributed by atoms with van der Waals surface area (Å²) >= 11 is 0. The van der Waals surface area contributed by atoms with Crippen molar-refractivity contribution in [2.75, 3.05) is 14.2 Å². The number of nitrogens with two attached hydrogens (primary N) is 1. The van der Waals surface area contributed by atoms with Crippen molar-refractivity contribution in [2.24, 2.45) is 5.73 Å². The van der Waals surface area contributed by atoms with Crippen molar-refractivity contribution in [1.29, 1.82) is 0 Å². The Kier molecular flexibility index (Phi) is 4.12. The Balaban J connectivity index is 2.60. The maximum Gasteiger partial charge on any atom is 0.237 e. The fourth-order valence-electron chi connectivity index (χ4n) is 1.29. The van der Waals surface area contributed by atoms with Gasteiger partial charge in [0.2, 0.25) is 5.91 Å². The van der Waals surface area contributed by atoms with E-state index in [4.69, 9.17) is 10.5 Å². The summed E-state index contributed by atoms with van der Waals surface area (Å²) in [6.07, 6.45) is 0.531. The summed E-state index contributed by atoms with van der Waals surface area (Å²) in [7, 11) is 3.20. The largest absolute Gasteiger partial charge is 0.497 e. The average Bonchev–Trinajstić information content (AvgIpc) is 2.29. The molecule has 0 aliphatic heterocycles. The van der Waals surface area contributed by atoms with E-state index in [-0.39, 0.29) is 5.91 Å². The van der Waals surface area contributed by atoms with Gasteiger partial charge in [-0.25, -0.2) is 0 Å². The van der Waals surface area contributed by atoms with E-state index >= 15 is 0 Å². The summed E-state index contributed by atoms with van der Waals surface area (Å²) in [6, 6.07) is 7.02. The Morgan fingerprint density at radius 1 is 1.47 bits per heavy atom. The topological polar surface area (TPSA) is 64.4 Å². The SMILES string of the molecule is CNC(=O)[C@@H](N)Cc1ccc(OC)cc1. The Bertz CT molecular complexity index is 322. The summed E-state index contributed by atoms with van der Waals surface area (Å²) in [6.45, 7) is 0. The maximum absolute atomic E-state index is 11.2. The van der Waals surface area contributed by atoms with Gasteiger partial charge in [0.1, 0.15) is 5.75 Å². The first kappa shape index (κ1) is 11.5. The molecule has 1 aromatic rings. The number of amides is 1. The van der Waals surface area contributed by atoms with Crippen LogP contribution in [0.2, 0.25) is 0 Å². The Morgan fingerprint density at radius 2 is 2.07 bits per heavy atom. The molecule has 0 fully saturated rings. The van der Waals surface area contributed by atoms with E-state index in [0.29, 0.717) is 6.42 Å². The average molecular weight is 208 g/mol. The highest BCUT2D eigenvalue weighted by atomic mass is 16.5. The van der Waals surface area contributed by atoms with Crippen LogP contribution >= 0.6 is 0 Å². The molecule has 1 aromatic carbocycles. The van der Waals surface area contributed by atoms with Gasteiger partial charge in [0.15, 0.2) is 0 Å². The van der Waals surface area contributed by atoms with Crippen molar-refractivity contribution >= 4 is 5.91 Å². The second kappa shape index (κ2) is 5.36. The van der Waals surface area contributed by atoms with Gasteiger partial charge in [-0.1, -0.05) is 12.1 Å². The Morgan fingerprint density at radius 3 is 2.53 bits per heavy atom. The van der Waals surface area contributed by atoms with Gasteiger partial charge in [-0.2, -0.15) is 0 Å². The monoisotopic (exact) mass is 208 g/mol. The van der Waals surface area contributed by atoms with E-state index in [2.05, 4.69) is 5.32 Å². The third-order valence-corrected chi connectivity index (χ3v) is 2.20. The van der Waals surface area contributed by atoms with Crippen LogP contribution in [0.25, 0.3) is 0 Å². The van der Waals surface area contributed by atoms with Crippen LogP contribution in [0.1, 0.15) is 5.56 Å². The second-order valence-corrected chi connectivity index (χ2v) is 3.27. The molecule has 0 aliphatic carbocycles. The van der Waals surface area contributed by atoms with Gasteiger partial charge >= 0.3 is 0 Å². The minimum absolute atomic E-state index is 0.147. The predicted molar refractivity (Wildman–Crippen MR) is 58.7 cm³/mol. The zero-order valence-electron chi connectivity index (χ0n) is 8.99. The molecule has 0 heterocycles. The third-order valence-electron chi connectivity index (χ3n) is 2.20. The molecule has 0 bridgehead atoms. The van der Waals surface area contributed by atoms with Gasteiger partial charge in [0, 0.05) is 7.05 Å². The predicted octanol–water partition coefficient (Wildman–Crippen LogP) is 0.311. The number of rotatable bonds is 4. The van der Waals surface area contributed by atoms with Gasteiger partial charge in [0.05, 0.1) is 13.2 Å². The molecule has 0 radical (unpaired) electrons. The van der Waals surface area contributed by atoms with Gasteiger partial charge in [-0.3, -0.25) is 4.79 Å². The molecule has 0 aliphatic rings. The van der Waals surface area contributed by atoms with E-state index < -0.39 is 6.04 Å². The summed E-state index contributed by atoms with van der Waals surface area (Å²) in [5.41, 5.74) is 6.71. The zero-order valence-corrected chi connectivity index (χ0v) is 8.99. The highest BCUT2D eigenvalue weighted by Crippen LogP contribution is 2.12. The van der Waals surface area contributed by atoms with Crippen LogP contribution in [0, 0.1) is 0 Å². The van der Waals surface area contributed by atoms with Crippen LogP contribution in [0.15, 0.2) is 24.3 Å². The molecule has 1 rings (SSSR count). The first-order valence-corrected chi connectivity index (χ1v) is 4.77. The van der Waals surface area contributed by atoms with Crippen molar-refractivity contribution < 1.29 is 9.53 Å². The van der Waals surface area contributed by atoms with E-state index in [1.165, 1.54) is 0 Å². The minimum atomic E-state index is -0.497. The van der Waals surface area contributed by atoms with Crippen LogP contribution < -0.4 is 15.8 Å². The third kappa shape index (κ3) is 3.25. The molecule has 0 saturated carbocycles. The molecular weight excluding hydrogens is 192 g/mol. The highest BCUT2D eigenvalue weighted by molar-refractivity contribution is 5.81. The lowest BCUT2D eigenvalue weighted by Crippen LogP contribution is -2.40. The van der Waals surface area contributed by atoms with E-state index in [9.17, 15) is 4.79 Å². The normalized spacial score (nSPS) is 11.9. The second-order valence-electron chi connectivity index (χ2n) is 3.27. The van der Waals surface area contributed by atoms with Crippen molar-refractivity contribution in [3.05, 3.63) is 29.8 Å². The number of hydrogen-bond donors (Lipinski definition) is 2. The molecule has 0 spiro atoms. The number of nitrogens with one attached hydrogen (secondary N) is 1. The van der Waals surface area contributed by atoms with Crippen LogP contribution in [0.5, 0.6) is 5.75 Å². The number of carbonyl (C=O) groups excluding carboxylic acids is 1. The fourth-order valence-corrected chi connectivity index (χ4v) is 1.29. The fraction of sp³-hybridized carbons (Fsp3) is 0.364. The van der Waals surface area contributed by atoms with E-state index in [0.717, 1.165) is 11.3 Å². The first-order chi connectivity index (χ1) is 7.17. The van der Waals surface area contributed by atoms with Crippen LogP contribution in [-0.4, -0.2) is 26.1 Å². The summed E-state index contributed by atoms with van der Waals surface area (Å²) in [4.78, 5) is 11.2. The number of methoxy groups -OCH3 is 1. The summed E-state index contributed by atoms with van der Waals surface area (Å²) in [5.74, 6) is 0.651. The van der Waals surface area contributed by atoms with Gasteiger partial charge in [-0.15, -0.1) is 0 Å². The molecule has 82 valence electrons. The maximum atomic E-state index is 11.2.